The third-order valence-electron chi connectivity index (χ3n) is 4.42. The monoisotopic (exact) mass is 308 g/mol. The van der Waals surface area contributed by atoms with E-state index in [1.165, 1.54) is 37.5 Å². The smallest absolute Gasteiger partial charge is 0.0601 e. The van der Waals surface area contributed by atoms with E-state index in [-0.39, 0.29) is 0 Å². The molecule has 0 spiro atoms. The van der Waals surface area contributed by atoms with Crippen LogP contribution in [0, 0.1) is 6.92 Å². The van der Waals surface area contributed by atoms with E-state index in [4.69, 9.17) is 0 Å². The summed E-state index contributed by atoms with van der Waals surface area (Å²) in [5, 5.41) is 4.93. The Morgan fingerprint density at radius 3 is 2.73 bits per heavy atom. The average molecular weight is 308 g/mol. The lowest BCUT2D eigenvalue weighted by atomic mass is 9.99. The molecule has 22 heavy (non-hydrogen) atoms. The van der Waals surface area contributed by atoms with Crippen LogP contribution in [0.15, 0.2) is 52.3 Å². The van der Waals surface area contributed by atoms with E-state index >= 15 is 0 Å². The molecule has 0 amide bonds. The number of H-pyrrole nitrogens is 1. The minimum absolute atomic E-state index is 0.428. The average Bonchev–Trinajstić information content (AvgIpc) is 2.90. The molecule has 0 saturated carbocycles. The Labute approximate surface area is 135 Å². The van der Waals surface area contributed by atoms with Gasteiger partial charge in [-0.3, -0.25) is 0 Å². The quantitative estimate of drug-likeness (QED) is 0.709. The molecule has 1 aliphatic heterocycles. The molecule has 3 heteroatoms. The number of nitrogens with one attached hydrogen (secondary N) is 2. The van der Waals surface area contributed by atoms with Gasteiger partial charge in [-0.2, -0.15) is 0 Å². The van der Waals surface area contributed by atoms with Gasteiger partial charge in [0.2, 0.25) is 0 Å². The first-order valence-electron chi connectivity index (χ1n) is 7.84. The van der Waals surface area contributed by atoms with Crippen molar-refractivity contribution in [1.82, 2.24) is 10.3 Å². The number of fused-ring (bicyclic) bond motifs is 3. The normalized spacial score (nSPS) is 17.6. The van der Waals surface area contributed by atoms with Crippen LogP contribution < -0.4 is 5.32 Å². The Balaban J connectivity index is 1.80. The van der Waals surface area contributed by atoms with Crippen molar-refractivity contribution in [3.05, 3.63) is 59.3 Å². The number of para-hydroxylation sites is 1. The van der Waals surface area contributed by atoms with Crippen molar-refractivity contribution in [3.63, 3.8) is 0 Å². The molecule has 112 valence electrons. The lowest BCUT2D eigenvalue weighted by Gasteiger charge is -2.20. The van der Waals surface area contributed by atoms with E-state index in [9.17, 15) is 0 Å². The van der Waals surface area contributed by atoms with Crippen LogP contribution in [0.2, 0.25) is 0 Å². The standard InChI is InChI=1S/C19H20N2S/c1-12-6-8-14(9-7-12)22-17-5-3-4-15-18-13(2)20-11-10-16(18)21-19(15)17/h3-9,13,20-21H,10-11H2,1-2H3. The number of hydrogen-bond acceptors (Lipinski definition) is 2. The summed E-state index contributed by atoms with van der Waals surface area (Å²) in [6.07, 6.45) is 1.09. The Morgan fingerprint density at radius 1 is 1.09 bits per heavy atom. The Hall–Kier alpha value is -1.71. The highest BCUT2D eigenvalue weighted by Gasteiger charge is 2.21. The number of benzene rings is 2. The first-order valence-corrected chi connectivity index (χ1v) is 8.65. The van der Waals surface area contributed by atoms with Gasteiger partial charge in [0, 0.05) is 39.9 Å². The largest absolute Gasteiger partial charge is 0.357 e. The summed E-state index contributed by atoms with van der Waals surface area (Å²) in [6, 6.07) is 15.8. The molecule has 1 atom stereocenters. The van der Waals surface area contributed by atoms with Crippen molar-refractivity contribution in [1.29, 1.82) is 0 Å². The minimum Gasteiger partial charge on any atom is -0.357 e. The number of hydrogen-bond donors (Lipinski definition) is 2. The van der Waals surface area contributed by atoms with Gasteiger partial charge in [-0.05, 0) is 37.6 Å². The summed E-state index contributed by atoms with van der Waals surface area (Å²) < 4.78 is 0. The van der Waals surface area contributed by atoms with Gasteiger partial charge in [0.05, 0.1) is 5.52 Å². The SMILES string of the molecule is Cc1ccc(Sc2cccc3c4c([nH]c23)CCNC4C)cc1. The molecule has 4 rings (SSSR count). The molecular weight excluding hydrogens is 288 g/mol. The molecule has 2 heterocycles. The highest BCUT2D eigenvalue weighted by Crippen LogP contribution is 2.38. The molecule has 3 aromatic rings. The van der Waals surface area contributed by atoms with Gasteiger partial charge in [0.1, 0.15) is 0 Å². The molecule has 1 aromatic heterocycles. The molecule has 2 aromatic carbocycles. The molecule has 1 aliphatic rings. The zero-order valence-electron chi connectivity index (χ0n) is 12.9. The molecule has 2 N–H and O–H groups in total. The summed E-state index contributed by atoms with van der Waals surface area (Å²) in [6.45, 7) is 5.44. The summed E-state index contributed by atoms with van der Waals surface area (Å²) in [4.78, 5) is 6.28. The maximum absolute atomic E-state index is 3.69. The molecule has 1 unspecified atom stereocenters. The van der Waals surface area contributed by atoms with Crippen molar-refractivity contribution in [2.75, 3.05) is 6.54 Å². The zero-order chi connectivity index (χ0) is 15.1. The number of aromatic nitrogens is 1. The van der Waals surface area contributed by atoms with Crippen molar-refractivity contribution < 1.29 is 0 Å². The zero-order valence-corrected chi connectivity index (χ0v) is 13.8. The number of aryl methyl sites for hydroxylation is 1. The third kappa shape index (κ3) is 2.34. The maximum atomic E-state index is 3.69. The second-order valence-electron chi connectivity index (χ2n) is 6.04. The molecule has 0 saturated heterocycles. The molecule has 0 fully saturated rings. The fourth-order valence-electron chi connectivity index (χ4n) is 3.29. The fraction of sp³-hybridized carbons (Fsp3) is 0.263. The van der Waals surface area contributed by atoms with Crippen LogP contribution in [0.5, 0.6) is 0 Å². The highest BCUT2D eigenvalue weighted by atomic mass is 32.2. The van der Waals surface area contributed by atoms with Gasteiger partial charge in [-0.15, -0.1) is 0 Å². The van der Waals surface area contributed by atoms with Crippen molar-refractivity contribution in [3.8, 4) is 0 Å². The topological polar surface area (TPSA) is 27.8 Å². The molecule has 0 aliphatic carbocycles. The predicted octanol–water partition coefficient (Wildman–Crippen LogP) is 4.83. The predicted molar refractivity (Wildman–Crippen MR) is 93.7 cm³/mol. The van der Waals surface area contributed by atoms with E-state index in [0.29, 0.717) is 6.04 Å². The molecule has 0 radical (unpaired) electrons. The van der Waals surface area contributed by atoms with E-state index in [2.05, 4.69) is 66.6 Å². The summed E-state index contributed by atoms with van der Waals surface area (Å²) in [7, 11) is 0. The lowest BCUT2D eigenvalue weighted by Crippen LogP contribution is -2.27. The van der Waals surface area contributed by atoms with E-state index in [0.717, 1.165) is 13.0 Å². The second-order valence-corrected chi connectivity index (χ2v) is 7.15. The van der Waals surface area contributed by atoms with Crippen LogP contribution in [-0.4, -0.2) is 11.5 Å². The highest BCUT2D eigenvalue weighted by molar-refractivity contribution is 7.99. The van der Waals surface area contributed by atoms with Crippen LogP contribution in [0.4, 0.5) is 0 Å². The van der Waals surface area contributed by atoms with Gasteiger partial charge >= 0.3 is 0 Å². The van der Waals surface area contributed by atoms with Crippen LogP contribution in [0.1, 0.15) is 29.8 Å². The van der Waals surface area contributed by atoms with Gasteiger partial charge in [0.15, 0.2) is 0 Å². The van der Waals surface area contributed by atoms with Gasteiger partial charge in [0.25, 0.3) is 0 Å². The van der Waals surface area contributed by atoms with Crippen LogP contribution in [0.25, 0.3) is 10.9 Å². The number of aromatic amines is 1. The van der Waals surface area contributed by atoms with E-state index in [1.54, 1.807) is 0 Å². The molecule has 0 bridgehead atoms. The second kappa shape index (κ2) is 5.49. The Bertz CT molecular complexity index is 817. The third-order valence-corrected chi connectivity index (χ3v) is 5.49. The van der Waals surface area contributed by atoms with E-state index in [1.807, 2.05) is 11.8 Å². The Morgan fingerprint density at radius 2 is 1.91 bits per heavy atom. The van der Waals surface area contributed by atoms with Crippen molar-refractivity contribution in [2.45, 2.75) is 36.1 Å². The fourth-order valence-corrected chi connectivity index (χ4v) is 4.23. The summed E-state index contributed by atoms with van der Waals surface area (Å²) >= 11 is 1.84. The summed E-state index contributed by atoms with van der Waals surface area (Å²) in [5.41, 5.74) is 5.44. The van der Waals surface area contributed by atoms with Crippen LogP contribution in [0.3, 0.4) is 0 Å². The Kier molecular flexibility index (Phi) is 3.47. The maximum Gasteiger partial charge on any atom is 0.0601 e. The van der Waals surface area contributed by atoms with Crippen LogP contribution in [-0.2, 0) is 6.42 Å². The summed E-state index contributed by atoms with van der Waals surface area (Å²) in [5.74, 6) is 0. The molecule has 2 nitrogen and oxygen atoms in total. The minimum atomic E-state index is 0.428. The van der Waals surface area contributed by atoms with Gasteiger partial charge in [-0.25, -0.2) is 0 Å². The lowest BCUT2D eigenvalue weighted by molar-refractivity contribution is 0.541. The first kappa shape index (κ1) is 13.9. The molecular formula is C19H20N2S. The first-order chi connectivity index (χ1) is 10.7. The van der Waals surface area contributed by atoms with Crippen molar-refractivity contribution in [2.24, 2.45) is 0 Å². The van der Waals surface area contributed by atoms with Crippen molar-refractivity contribution >= 4 is 22.7 Å². The van der Waals surface area contributed by atoms with E-state index < -0.39 is 0 Å². The number of rotatable bonds is 2. The van der Waals surface area contributed by atoms with Gasteiger partial charge < -0.3 is 10.3 Å². The van der Waals surface area contributed by atoms with Crippen LogP contribution >= 0.6 is 11.8 Å². The van der Waals surface area contributed by atoms with Gasteiger partial charge in [-0.1, -0.05) is 41.6 Å².